The van der Waals surface area contributed by atoms with Crippen molar-refractivity contribution >= 4 is 23.4 Å². The predicted octanol–water partition coefficient (Wildman–Crippen LogP) is 3.07. The average Bonchev–Trinajstić information content (AvgIpc) is 3.13. The van der Waals surface area contributed by atoms with Gasteiger partial charge in [-0.15, -0.1) is 0 Å². The second-order valence-corrected chi connectivity index (χ2v) is 9.76. The maximum Gasteiger partial charge on any atom is 0.263 e. The van der Waals surface area contributed by atoms with E-state index in [0.717, 1.165) is 19.4 Å². The van der Waals surface area contributed by atoms with Crippen molar-refractivity contribution in [2.75, 3.05) is 37.7 Å². The number of nitrogens with zero attached hydrogens (tertiary/aromatic N) is 3. The number of hydrogen-bond acceptors (Lipinski definition) is 5. The molecule has 0 saturated carbocycles. The Hall–Kier alpha value is -3.26. The average molecular weight is 480 g/mol. The molecule has 184 valence electrons. The van der Waals surface area contributed by atoms with Crippen molar-refractivity contribution in [2.24, 2.45) is 11.8 Å². The van der Waals surface area contributed by atoms with Crippen molar-refractivity contribution in [2.45, 2.75) is 32.2 Å². The van der Waals surface area contributed by atoms with E-state index < -0.39 is 5.82 Å². The van der Waals surface area contributed by atoms with E-state index in [-0.39, 0.29) is 42.7 Å². The first-order valence-electron chi connectivity index (χ1n) is 12.3. The fourth-order valence-corrected chi connectivity index (χ4v) is 5.58. The van der Waals surface area contributed by atoms with Gasteiger partial charge in [0, 0.05) is 38.7 Å². The third-order valence-corrected chi connectivity index (χ3v) is 7.48. The number of benzene rings is 2. The monoisotopic (exact) mass is 479 g/mol. The summed E-state index contributed by atoms with van der Waals surface area (Å²) in [4.78, 5) is 44.6. The number of carbonyl (C=O) groups is 3. The number of hydrogen-bond donors (Lipinski definition) is 1. The van der Waals surface area contributed by atoms with Crippen LogP contribution in [-0.4, -0.2) is 65.4 Å². The Balaban J connectivity index is 1.28. The summed E-state index contributed by atoms with van der Waals surface area (Å²) in [6.45, 7) is 2.75. The molecule has 2 aromatic rings. The second kappa shape index (κ2) is 9.77. The topological polar surface area (TPSA) is 81.2 Å². The molecule has 7 nitrogen and oxygen atoms in total. The van der Waals surface area contributed by atoms with Crippen LogP contribution < -0.4 is 4.90 Å². The van der Waals surface area contributed by atoms with Crippen LogP contribution in [0.2, 0.25) is 0 Å². The molecule has 3 amide bonds. The van der Waals surface area contributed by atoms with Crippen LogP contribution in [0.5, 0.6) is 0 Å². The molecule has 3 aliphatic heterocycles. The third-order valence-electron chi connectivity index (χ3n) is 7.48. The van der Waals surface area contributed by atoms with Crippen molar-refractivity contribution in [3.63, 3.8) is 0 Å². The SMILES string of the molecule is O=C(C1CCN(c2cccc3c2C(=O)N(Cc2cccc(F)c2)C3=O)CC1)N1CCC[C@@H](CO)C1. The number of aliphatic hydroxyl groups is 1. The number of aliphatic hydroxyl groups excluding tert-OH is 1. The van der Waals surface area contributed by atoms with Gasteiger partial charge in [0.05, 0.1) is 23.4 Å². The van der Waals surface area contributed by atoms with E-state index >= 15 is 0 Å². The molecule has 0 radical (unpaired) electrons. The minimum Gasteiger partial charge on any atom is -0.396 e. The Morgan fingerprint density at radius 3 is 2.51 bits per heavy atom. The minimum atomic E-state index is -0.409. The molecule has 3 heterocycles. The highest BCUT2D eigenvalue weighted by atomic mass is 19.1. The van der Waals surface area contributed by atoms with Gasteiger partial charge in [-0.05, 0) is 61.4 Å². The van der Waals surface area contributed by atoms with Crippen LogP contribution in [0.25, 0.3) is 0 Å². The molecule has 0 unspecified atom stereocenters. The van der Waals surface area contributed by atoms with Crippen LogP contribution in [0, 0.1) is 17.7 Å². The van der Waals surface area contributed by atoms with E-state index in [4.69, 9.17) is 0 Å². The molecule has 5 rings (SSSR count). The highest BCUT2D eigenvalue weighted by Crippen LogP contribution is 2.35. The summed E-state index contributed by atoms with van der Waals surface area (Å²) in [5.74, 6) is -0.890. The highest BCUT2D eigenvalue weighted by molar-refractivity contribution is 6.23. The Bertz CT molecular complexity index is 1140. The van der Waals surface area contributed by atoms with E-state index in [1.165, 1.54) is 17.0 Å². The molecule has 0 aromatic heterocycles. The normalized spacial score (nSPS) is 21.0. The van der Waals surface area contributed by atoms with Crippen molar-refractivity contribution in [1.29, 1.82) is 0 Å². The number of imide groups is 1. The van der Waals surface area contributed by atoms with Crippen LogP contribution in [0.3, 0.4) is 0 Å². The fourth-order valence-electron chi connectivity index (χ4n) is 5.58. The van der Waals surface area contributed by atoms with Gasteiger partial charge in [-0.25, -0.2) is 4.39 Å². The van der Waals surface area contributed by atoms with Gasteiger partial charge >= 0.3 is 0 Å². The Kier molecular flexibility index (Phi) is 6.56. The summed E-state index contributed by atoms with van der Waals surface area (Å²) >= 11 is 0. The third kappa shape index (κ3) is 4.55. The highest BCUT2D eigenvalue weighted by Gasteiger charge is 2.39. The predicted molar refractivity (Wildman–Crippen MR) is 128 cm³/mol. The van der Waals surface area contributed by atoms with Gasteiger partial charge in [0.15, 0.2) is 0 Å². The zero-order valence-electron chi connectivity index (χ0n) is 19.7. The molecule has 2 aromatic carbocycles. The van der Waals surface area contributed by atoms with Crippen molar-refractivity contribution < 1.29 is 23.9 Å². The van der Waals surface area contributed by atoms with E-state index in [0.29, 0.717) is 54.9 Å². The number of rotatable bonds is 5. The maximum absolute atomic E-state index is 13.6. The van der Waals surface area contributed by atoms with Gasteiger partial charge in [-0.1, -0.05) is 18.2 Å². The standard InChI is InChI=1S/C27H30FN3O4/c28-21-6-1-4-18(14-21)16-31-26(34)22-7-2-8-23(24(22)27(31)35)29-12-9-20(10-13-29)25(33)30-11-3-5-19(15-30)17-32/h1-2,4,6-8,14,19-20,32H,3,5,9-13,15-17H2/t19-/m1/s1. The second-order valence-electron chi connectivity index (χ2n) is 9.76. The Morgan fingerprint density at radius 2 is 1.77 bits per heavy atom. The summed E-state index contributed by atoms with van der Waals surface area (Å²) in [5, 5.41) is 9.48. The number of piperidine rings is 2. The number of amides is 3. The molecule has 0 bridgehead atoms. The van der Waals surface area contributed by atoms with Gasteiger partial charge in [-0.2, -0.15) is 0 Å². The van der Waals surface area contributed by atoms with Gasteiger partial charge in [0.2, 0.25) is 5.91 Å². The summed E-state index contributed by atoms with van der Waals surface area (Å²) in [5.41, 5.74) is 2.03. The van der Waals surface area contributed by atoms with Crippen LogP contribution in [0.15, 0.2) is 42.5 Å². The quantitative estimate of drug-likeness (QED) is 0.667. The fraction of sp³-hybridized carbons (Fsp3) is 0.444. The van der Waals surface area contributed by atoms with Gasteiger partial charge < -0.3 is 14.9 Å². The largest absolute Gasteiger partial charge is 0.396 e. The minimum absolute atomic E-state index is 0.0186. The molecule has 2 saturated heterocycles. The molecule has 3 aliphatic rings. The molecule has 0 aliphatic carbocycles. The number of halogens is 1. The van der Waals surface area contributed by atoms with E-state index in [1.807, 2.05) is 11.0 Å². The van der Waals surface area contributed by atoms with E-state index in [2.05, 4.69) is 4.90 Å². The van der Waals surface area contributed by atoms with Gasteiger partial charge in [0.25, 0.3) is 11.8 Å². The zero-order chi connectivity index (χ0) is 24.5. The van der Waals surface area contributed by atoms with Crippen molar-refractivity contribution in [1.82, 2.24) is 9.80 Å². The molecule has 2 fully saturated rings. The number of likely N-dealkylation sites (tertiary alicyclic amines) is 1. The summed E-state index contributed by atoms with van der Waals surface area (Å²) in [7, 11) is 0. The van der Waals surface area contributed by atoms with E-state index in [1.54, 1.807) is 24.3 Å². The zero-order valence-corrected chi connectivity index (χ0v) is 19.7. The molecular formula is C27H30FN3O4. The van der Waals surface area contributed by atoms with Gasteiger partial charge in [-0.3, -0.25) is 19.3 Å². The summed E-state index contributed by atoms with van der Waals surface area (Å²) in [6.07, 6.45) is 3.24. The molecule has 1 atom stereocenters. The molecule has 0 spiro atoms. The number of fused-ring (bicyclic) bond motifs is 1. The van der Waals surface area contributed by atoms with Crippen molar-refractivity contribution in [3.8, 4) is 0 Å². The summed E-state index contributed by atoms with van der Waals surface area (Å²) in [6, 6.07) is 11.2. The van der Waals surface area contributed by atoms with Crippen molar-refractivity contribution in [3.05, 3.63) is 65.0 Å². The lowest BCUT2D eigenvalue weighted by Crippen LogP contribution is -2.47. The molecule has 1 N–H and O–H groups in total. The lowest BCUT2D eigenvalue weighted by Gasteiger charge is -2.38. The first kappa shape index (κ1) is 23.5. The van der Waals surface area contributed by atoms with Crippen LogP contribution in [-0.2, 0) is 11.3 Å². The smallest absolute Gasteiger partial charge is 0.263 e. The number of anilines is 1. The van der Waals surface area contributed by atoms with Crippen LogP contribution in [0.4, 0.5) is 10.1 Å². The Labute approximate surface area is 204 Å². The first-order valence-corrected chi connectivity index (χ1v) is 12.3. The maximum atomic E-state index is 13.6. The molecular weight excluding hydrogens is 449 g/mol. The molecule has 8 heteroatoms. The Morgan fingerprint density at radius 1 is 1.00 bits per heavy atom. The van der Waals surface area contributed by atoms with Crippen LogP contribution in [0.1, 0.15) is 52.0 Å². The first-order chi connectivity index (χ1) is 17.0. The van der Waals surface area contributed by atoms with Gasteiger partial charge in [0.1, 0.15) is 5.82 Å². The lowest BCUT2D eigenvalue weighted by atomic mass is 9.92. The summed E-state index contributed by atoms with van der Waals surface area (Å²) < 4.78 is 13.6. The molecule has 35 heavy (non-hydrogen) atoms. The number of carbonyl (C=O) groups excluding carboxylic acids is 3. The van der Waals surface area contributed by atoms with E-state index in [9.17, 15) is 23.9 Å². The lowest BCUT2D eigenvalue weighted by molar-refractivity contribution is -0.138. The van der Waals surface area contributed by atoms with Crippen LogP contribution >= 0.6 is 0 Å².